The van der Waals surface area contributed by atoms with E-state index in [-0.39, 0.29) is 0 Å². The van der Waals surface area contributed by atoms with Gasteiger partial charge in [-0.3, -0.25) is 0 Å². The number of hydrogen-bond donors (Lipinski definition) is 0. The van der Waals surface area contributed by atoms with Gasteiger partial charge in [0, 0.05) is 65.7 Å². The van der Waals surface area contributed by atoms with E-state index >= 15 is 0 Å². The zero-order chi connectivity index (χ0) is 38.6. The molecule has 0 aliphatic heterocycles. The maximum absolute atomic E-state index is 5.39. The summed E-state index contributed by atoms with van der Waals surface area (Å²) in [6.07, 6.45) is 0. The van der Waals surface area contributed by atoms with E-state index in [4.69, 9.17) is 4.98 Å². The van der Waals surface area contributed by atoms with Crippen LogP contribution in [0.4, 0.5) is 0 Å². The van der Waals surface area contributed by atoms with Crippen molar-refractivity contribution >= 4 is 87.1 Å². The van der Waals surface area contributed by atoms with E-state index in [9.17, 15) is 0 Å². The van der Waals surface area contributed by atoms with Crippen LogP contribution in [-0.2, 0) is 0 Å². The van der Waals surface area contributed by atoms with Crippen molar-refractivity contribution < 1.29 is 0 Å². The van der Waals surface area contributed by atoms with Gasteiger partial charge in [0.05, 0.1) is 44.3 Å². The minimum Gasteiger partial charge on any atom is -0.309 e. The van der Waals surface area contributed by atoms with Crippen molar-refractivity contribution in [3.63, 3.8) is 0 Å². The third kappa shape index (κ3) is 4.63. The Balaban J connectivity index is 1.00. The van der Waals surface area contributed by atoms with Gasteiger partial charge in [-0.2, -0.15) is 0 Å². The van der Waals surface area contributed by atoms with Gasteiger partial charge in [-0.1, -0.05) is 121 Å². The average Bonchev–Trinajstić information content (AvgIpc) is 3.94. The molecule has 0 atom stereocenters. The van der Waals surface area contributed by atoms with Crippen LogP contribution in [-0.4, -0.2) is 18.7 Å². The lowest BCUT2D eigenvalue weighted by Crippen LogP contribution is -1.96. The molecular weight excluding hydrogens is 717 g/mol. The Kier molecular flexibility index (Phi) is 6.69. The van der Waals surface area contributed by atoms with Crippen LogP contribution in [0, 0.1) is 0 Å². The second-order valence-electron chi connectivity index (χ2n) is 15.6. The molecule has 274 valence electrons. The van der Waals surface area contributed by atoms with E-state index in [0.717, 1.165) is 44.6 Å². The molecule has 4 aromatic heterocycles. The first-order valence-electron chi connectivity index (χ1n) is 20.2. The zero-order valence-corrected chi connectivity index (χ0v) is 31.9. The highest BCUT2D eigenvalue weighted by molar-refractivity contribution is 6.20. The van der Waals surface area contributed by atoms with Crippen molar-refractivity contribution in [3.05, 3.63) is 206 Å². The highest BCUT2D eigenvalue weighted by Crippen LogP contribution is 2.41. The van der Waals surface area contributed by atoms with Crippen LogP contribution in [0.5, 0.6) is 0 Å². The van der Waals surface area contributed by atoms with Gasteiger partial charge in [0.1, 0.15) is 0 Å². The molecule has 0 unspecified atom stereocenters. The van der Waals surface area contributed by atoms with E-state index in [1.165, 1.54) is 70.8 Å². The first-order valence-corrected chi connectivity index (χ1v) is 20.2. The molecule has 59 heavy (non-hydrogen) atoms. The molecule has 0 saturated carbocycles. The fourth-order valence-electron chi connectivity index (χ4n) is 9.84. The summed E-state index contributed by atoms with van der Waals surface area (Å²) >= 11 is 0. The molecule has 0 bridgehead atoms. The molecule has 0 amide bonds. The van der Waals surface area contributed by atoms with E-state index in [1.54, 1.807) is 0 Å². The van der Waals surface area contributed by atoms with Crippen molar-refractivity contribution in [2.24, 2.45) is 0 Å². The smallest absolute Gasteiger partial charge is 0.0788 e. The maximum Gasteiger partial charge on any atom is 0.0788 e. The van der Waals surface area contributed by atoms with Gasteiger partial charge < -0.3 is 13.7 Å². The largest absolute Gasteiger partial charge is 0.309 e. The summed E-state index contributed by atoms with van der Waals surface area (Å²) in [5.41, 5.74) is 13.6. The SMILES string of the molecule is c1ccc(-n2c3ccccc3c3cc4c(cc32)c(-c2ccc(-n3c5ccccc5c5cc(-n6c7ccccc7c7ccccc76)ccc53)cc2)nc2ccccc24)cc1. The van der Waals surface area contributed by atoms with Crippen molar-refractivity contribution in [1.29, 1.82) is 0 Å². The summed E-state index contributed by atoms with van der Waals surface area (Å²) in [6.45, 7) is 0. The number of pyridine rings is 1. The molecule has 0 N–H and O–H groups in total. The lowest BCUT2D eigenvalue weighted by molar-refractivity contribution is 1.16. The fourth-order valence-corrected chi connectivity index (χ4v) is 9.84. The monoisotopic (exact) mass is 750 g/mol. The molecule has 13 rings (SSSR count). The number of benzene rings is 9. The second-order valence-corrected chi connectivity index (χ2v) is 15.6. The number of hydrogen-bond acceptors (Lipinski definition) is 1. The van der Waals surface area contributed by atoms with Crippen molar-refractivity contribution in [3.8, 4) is 28.3 Å². The van der Waals surface area contributed by atoms with Crippen LogP contribution < -0.4 is 0 Å². The molecule has 13 aromatic rings. The fraction of sp³-hybridized carbons (Fsp3) is 0. The van der Waals surface area contributed by atoms with Crippen LogP contribution in [0.15, 0.2) is 206 Å². The van der Waals surface area contributed by atoms with Crippen LogP contribution in [0.3, 0.4) is 0 Å². The lowest BCUT2D eigenvalue weighted by atomic mass is 9.98. The Labute approximate surface area is 339 Å². The Morgan fingerprint density at radius 2 is 0.695 bits per heavy atom. The third-order valence-electron chi connectivity index (χ3n) is 12.4. The predicted octanol–water partition coefficient (Wildman–Crippen LogP) is 14.3. The number of rotatable bonds is 4. The molecule has 4 nitrogen and oxygen atoms in total. The van der Waals surface area contributed by atoms with Gasteiger partial charge in [-0.05, 0) is 90.3 Å². The average molecular weight is 751 g/mol. The van der Waals surface area contributed by atoms with Gasteiger partial charge in [-0.25, -0.2) is 4.98 Å². The normalized spacial score (nSPS) is 12.1. The summed E-state index contributed by atoms with van der Waals surface area (Å²) in [6, 6.07) is 74.8. The minimum atomic E-state index is 0.982. The molecular formula is C55H34N4. The lowest BCUT2D eigenvalue weighted by Gasteiger charge is -2.14. The molecule has 0 aliphatic rings. The van der Waals surface area contributed by atoms with E-state index in [0.29, 0.717) is 0 Å². The van der Waals surface area contributed by atoms with E-state index < -0.39 is 0 Å². The molecule has 9 aromatic carbocycles. The van der Waals surface area contributed by atoms with E-state index in [2.05, 4.69) is 220 Å². The zero-order valence-electron chi connectivity index (χ0n) is 31.9. The standard InChI is InChI=1S/C55H34N4/c1-2-14-36(15-3-1)58-52-25-13-8-20-43(52)46-33-44-39-16-4-9-21-48(39)56-55(47(44)34-54(46)58)35-26-28-37(29-27-35)57-51-24-12-7-19-42(51)45-32-38(30-31-53(45)57)59-49-22-10-5-17-40(49)41-18-6-11-23-50(41)59/h1-34H. The summed E-state index contributed by atoms with van der Waals surface area (Å²) in [4.78, 5) is 5.39. The van der Waals surface area contributed by atoms with Crippen LogP contribution in [0.2, 0.25) is 0 Å². The van der Waals surface area contributed by atoms with E-state index in [1.807, 2.05) is 0 Å². The molecule has 4 heterocycles. The number of nitrogens with zero attached hydrogens (tertiary/aromatic N) is 4. The maximum atomic E-state index is 5.39. The number of aromatic nitrogens is 4. The second kappa shape index (κ2) is 12.3. The van der Waals surface area contributed by atoms with Crippen LogP contribution >= 0.6 is 0 Å². The van der Waals surface area contributed by atoms with Gasteiger partial charge in [0.25, 0.3) is 0 Å². The minimum absolute atomic E-state index is 0.982. The van der Waals surface area contributed by atoms with Crippen LogP contribution in [0.25, 0.3) is 115 Å². The van der Waals surface area contributed by atoms with Crippen LogP contribution in [0.1, 0.15) is 0 Å². The van der Waals surface area contributed by atoms with Crippen molar-refractivity contribution in [2.45, 2.75) is 0 Å². The molecule has 0 aliphatic carbocycles. The number of para-hydroxylation sites is 6. The number of fused-ring (bicyclic) bond motifs is 12. The summed E-state index contributed by atoms with van der Waals surface area (Å²) in [7, 11) is 0. The third-order valence-corrected chi connectivity index (χ3v) is 12.4. The van der Waals surface area contributed by atoms with Crippen molar-refractivity contribution in [2.75, 3.05) is 0 Å². The van der Waals surface area contributed by atoms with Gasteiger partial charge >= 0.3 is 0 Å². The summed E-state index contributed by atoms with van der Waals surface area (Å²) in [5.74, 6) is 0. The van der Waals surface area contributed by atoms with Crippen molar-refractivity contribution in [1.82, 2.24) is 18.7 Å². The molecule has 4 heteroatoms. The van der Waals surface area contributed by atoms with Gasteiger partial charge in [0.2, 0.25) is 0 Å². The first-order chi connectivity index (χ1) is 29.3. The Hall–Kier alpha value is -7.95. The quantitative estimate of drug-likeness (QED) is 0.165. The first kappa shape index (κ1) is 32.2. The predicted molar refractivity (Wildman–Crippen MR) is 248 cm³/mol. The van der Waals surface area contributed by atoms with Gasteiger partial charge in [-0.15, -0.1) is 0 Å². The molecule has 0 radical (unpaired) electrons. The molecule has 0 saturated heterocycles. The Morgan fingerprint density at radius 3 is 1.32 bits per heavy atom. The highest BCUT2D eigenvalue weighted by atomic mass is 15.0. The summed E-state index contributed by atoms with van der Waals surface area (Å²) < 4.78 is 7.19. The Morgan fingerprint density at radius 1 is 0.254 bits per heavy atom. The highest BCUT2D eigenvalue weighted by Gasteiger charge is 2.19. The topological polar surface area (TPSA) is 27.7 Å². The molecule has 0 spiro atoms. The Bertz CT molecular complexity index is 3770. The summed E-state index contributed by atoms with van der Waals surface area (Å²) in [5, 5.41) is 11.0. The molecule has 0 fully saturated rings. The van der Waals surface area contributed by atoms with Gasteiger partial charge in [0.15, 0.2) is 0 Å².